The first-order valence-corrected chi connectivity index (χ1v) is 16.8. The first-order valence-electron chi connectivity index (χ1n) is 16.8. The standard InChI is InChI=1S/C32H54N2O9/c1-37-28-21-24-22-29(30(28)38-2)39-16-3-6-25(43-32(36)23-7-8-26-27(20-23)41-19-18-40-26)9-13-34-11-4-10-33(14-15-34)12-5-17-42-31(24)35/h23-30H,3-22H2,1-2H3. The van der Waals surface area contributed by atoms with Gasteiger partial charge in [0.1, 0.15) is 12.2 Å². The minimum Gasteiger partial charge on any atom is -0.465 e. The van der Waals surface area contributed by atoms with Gasteiger partial charge in [0.25, 0.3) is 0 Å². The van der Waals surface area contributed by atoms with Crippen LogP contribution in [0.1, 0.15) is 64.2 Å². The summed E-state index contributed by atoms with van der Waals surface area (Å²) in [4.78, 5) is 31.4. The molecule has 0 aromatic heterocycles. The van der Waals surface area contributed by atoms with Crippen molar-refractivity contribution in [3.8, 4) is 0 Å². The maximum absolute atomic E-state index is 13.4. The van der Waals surface area contributed by atoms with Crippen molar-refractivity contribution in [1.82, 2.24) is 9.80 Å². The third-order valence-electron chi connectivity index (χ3n) is 10.1. The quantitative estimate of drug-likeness (QED) is 0.439. The molecule has 11 nitrogen and oxygen atoms in total. The van der Waals surface area contributed by atoms with E-state index in [9.17, 15) is 9.59 Å². The van der Waals surface area contributed by atoms with Gasteiger partial charge in [0.2, 0.25) is 0 Å². The number of rotatable bonds is 4. The summed E-state index contributed by atoms with van der Waals surface area (Å²) in [6.07, 6.45) is 6.79. The van der Waals surface area contributed by atoms with Crippen LogP contribution in [0.4, 0.5) is 0 Å². The van der Waals surface area contributed by atoms with E-state index in [4.69, 9.17) is 33.2 Å². The van der Waals surface area contributed by atoms with Crippen molar-refractivity contribution in [3.63, 3.8) is 0 Å². The van der Waals surface area contributed by atoms with Crippen LogP contribution >= 0.6 is 0 Å². The highest BCUT2D eigenvalue weighted by Crippen LogP contribution is 2.33. The zero-order valence-electron chi connectivity index (χ0n) is 26.3. The van der Waals surface area contributed by atoms with Gasteiger partial charge in [-0.1, -0.05) is 0 Å². The van der Waals surface area contributed by atoms with Crippen LogP contribution in [0.3, 0.4) is 0 Å². The fourth-order valence-corrected chi connectivity index (χ4v) is 7.58. The number of carbonyl (C=O) groups is 2. The Labute approximate surface area is 257 Å². The molecule has 0 N–H and O–H groups in total. The number of cyclic esters (lactones) is 1. The third kappa shape index (κ3) is 9.34. The van der Waals surface area contributed by atoms with Crippen LogP contribution in [0.15, 0.2) is 0 Å². The summed E-state index contributed by atoms with van der Waals surface area (Å²) in [5, 5.41) is 0. The lowest BCUT2D eigenvalue weighted by Gasteiger charge is -2.39. The van der Waals surface area contributed by atoms with Gasteiger partial charge in [-0.15, -0.1) is 0 Å². The van der Waals surface area contributed by atoms with Gasteiger partial charge in [0, 0.05) is 47.0 Å². The van der Waals surface area contributed by atoms with Crippen molar-refractivity contribution in [2.75, 3.05) is 79.9 Å². The number of fused-ring (bicyclic) bond motifs is 6. The van der Waals surface area contributed by atoms with Gasteiger partial charge >= 0.3 is 11.9 Å². The van der Waals surface area contributed by atoms with Crippen molar-refractivity contribution in [3.05, 3.63) is 0 Å². The smallest absolute Gasteiger partial charge is 0.309 e. The number of carbonyl (C=O) groups excluding carboxylic acids is 2. The van der Waals surface area contributed by atoms with Gasteiger partial charge < -0.3 is 43.0 Å². The van der Waals surface area contributed by atoms with Gasteiger partial charge in [-0.2, -0.15) is 0 Å². The Morgan fingerprint density at radius 2 is 1.44 bits per heavy atom. The summed E-state index contributed by atoms with van der Waals surface area (Å²) in [7, 11) is 3.33. The molecule has 3 aliphatic heterocycles. The molecule has 5 aliphatic rings. The Hall–Kier alpha value is -1.34. The van der Waals surface area contributed by atoms with E-state index in [-0.39, 0.29) is 60.4 Å². The first kappa shape index (κ1) is 33.0. The Balaban J connectivity index is 1.22. The van der Waals surface area contributed by atoms with Crippen LogP contribution in [-0.2, 0) is 42.7 Å². The largest absolute Gasteiger partial charge is 0.465 e. The second-order valence-electron chi connectivity index (χ2n) is 12.9. The van der Waals surface area contributed by atoms with E-state index in [2.05, 4.69) is 9.80 Å². The summed E-state index contributed by atoms with van der Waals surface area (Å²) in [6.45, 7) is 8.06. The number of hydrogen-bond acceptors (Lipinski definition) is 11. The van der Waals surface area contributed by atoms with Crippen LogP contribution in [0.5, 0.6) is 0 Å². The summed E-state index contributed by atoms with van der Waals surface area (Å²) in [6, 6.07) is 0. The molecule has 10 unspecified atom stereocenters. The Bertz CT molecular complexity index is 878. The second kappa shape index (κ2) is 16.8. The van der Waals surface area contributed by atoms with Crippen LogP contribution in [0, 0.1) is 11.8 Å². The van der Waals surface area contributed by atoms with Gasteiger partial charge in [-0.05, 0) is 77.3 Å². The van der Waals surface area contributed by atoms with Gasteiger partial charge in [-0.25, -0.2) is 0 Å². The third-order valence-corrected chi connectivity index (χ3v) is 10.1. The molecule has 11 heteroatoms. The zero-order chi connectivity index (χ0) is 30.0. The van der Waals surface area contributed by atoms with E-state index in [1.165, 1.54) is 0 Å². The molecule has 246 valence electrons. The summed E-state index contributed by atoms with van der Waals surface area (Å²) < 4.78 is 41.6. The Morgan fingerprint density at radius 1 is 0.698 bits per heavy atom. The molecule has 3 saturated heterocycles. The highest BCUT2D eigenvalue weighted by molar-refractivity contribution is 5.73. The van der Waals surface area contributed by atoms with Crippen LogP contribution < -0.4 is 0 Å². The first-order chi connectivity index (χ1) is 21.0. The molecule has 0 aromatic carbocycles. The molecular weight excluding hydrogens is 556 g/mol. The lowest BCUT2D eigenvalue weighted by Crippen LogP contribution is -2.49. The van der Waals surface area contributed by atoms with Crippen molar-refractivity contribution < 1.29 is 42.7 Å². The van der Waals surface area contributed by atoms with Gasteiger partial charge in [-0.3, -0.25) is 9.59 Å². The van der Waals surface area contributed by atoms with Crippen LogP contribution in [0.2, 0.25) is 0 Å². The molecule has 0 amide bonds. The average molecular weight is 611 g/mol. The topological polar surface area (TPSA) is 105 Å². The van der Waals surface area contributed by atoms with E-state index in [1.54, 1.807) is 14.2 Å². The highest BCUT2D eigenvalue weighted by atomic mass is 16.6. The number of esters is 2. The van der Waals surface area contributed by atoms with Crippen molar-refractivity contribution >= 4 is 11.9 Å². The molecular formula is C32H54N2O9. The molecule has 0 spiro atoms. The number of nitrogens with zero attached hydrogens (tertiary/aromatic N) is 2. The monoisotopic (exact) mass is 610 g/mol. The van der Waals surface area contributed by atoms with Crippen molar-refractivity contribution in [2.24, 2.45) is 11.8 Å². The minimum absolute atomic E-state index is 0.00996. The number of hydrogen-bond donors (Lipinski definition) is 0. The Kier molecular flexibility index (Phi) is 12.9. The van der Waals surface area contributed by atoms with Gasteiger partial charge in [0.15, 0.2) is 0 Å². The second-order valence-corrected chi connectivity index (χ2v) is 12.9. The molecule has 3 heterocycles. The number of methoxy groups -OCH3 is 2. The molecule has 43 heavy (non-hydrogen) atoms. The molecule has 2 saturated carbocycles. The molecule has 0 aromatic rings. The number of ether oxygens (including phenoxy) is 7. The lowest BCUT2D eigenvalue weighted by molar-refractivity contribution is -0.178. The maximum Gasteiger partial charge on any atom is 0.309 e. The average Bonchev–Trinajstić information content (AvgIpc) is 3.27. The van der Waals surface area contributed by atoms with Crippen molar-refractivity contribution in [2.45, 2.75) is 101 Å². The SMILES string of the molecule is COC1CC2CC(OCCCC(OC(=O)C3CCC4OCCOC4C3)CCN3CCCN(CCCOC2=O)CC3)C1OC. The predicted octanol–water partition coefficient (Wildman–Crippen LogP) is 2.43. The molecule has 4 bridgehead atoms. The van der Waals surface area contributed by atoms with E-state index < -0.39 is 0 Å². The molecule has 2 aliphatic carbocycles. The fraction of sp³-hybridized carbons (Fsp3) is 0.938. The molecule has 5 rings (SSSR count). The predicted molar refractivity (Wildman–Crippen MR) is 158 cm³/mol. The van der Waals surface area contributed by atoms with Crippen molar-refractivity contribution in [1.29, 1.82) is 0 Å². The summed E-state index contributed by atoms with van der Waals surface area (Å²) >= 11 is 0. The van der Waals surface area contributed by atoms with E-state index in [0.717, 1.165) is 84.2 Å². The van der Waals surface area contributed by atoms with Gasteiger partial charge in [0.05, 0.1) is 56.1 Å². The zero-order valence-corrected chi connectivity index (χ0v) is 26.3. The molecule has 0 radical (unpaired) electrons. The lowest BCUT2D eigenvalue weighted by atomic mass is 9.83. The van der Waals surface area contributed by atoms with E-state index in [0.29, 0.717) is 45.7 Å². The molecule has 5 fully saturated rings. The van der Waals surface area contributed by atoms with Crippen LogP contribution in [-0.4, -0.2) is 138 Å². The minimum atomic E-state index is -0.280. The van der Waals surface area contributed by atoms with Crippen LogP contribution in [0.25, 0.3) is 0 Å². The summed E-state index contributed by atoms with van der Waals surface area (Å²) in [5.41, 5.74) is 0. The Morgan fingerprint density at radius 3 is 2.23 bits per heavy atom. The molecule has 10 atom stereocenters. The highest BCUT2D eigenvalue weighted by Gasteiger charge is 2.42. The van der Waals surface area contributed by atoms with E-state index >= 15 is 0 Å². The van der Waals surface area contributed by atoms with E-state index in [1.807, 2.05) is 0 Å². The maximum atomic E-state index is 13.4. The fourth-order valence-electron chi connectivity index (χ4n) is 7.58. The normalized spacial score (nSPS) is 40.6. The summed E-state index contributed by atoms with van der Waals surface area (Å²) in [5.74, 6) is -0.695.